The van der Waals surface area contributed by atoms with Gasteiger partial charge in [0.2, 0.25) is 5.91 Å². The Balaban J connectivity index is 2.17. The van der Waals surface area contributed by atoms with E-state index in [0.29, 0.717) is 12.3 Å². The van der Waals surface area contributed by atoms with E-state index in [9.17, 15) is 14.7 Å². The lowest BCUT2D eigenvalue weighted by atomic mass is 10.1. The Kier molecular flexibility index (Phi) is 8.54. The summed E-state index contributed by atoms with van der Waals surface area (Å²) in [4.78, 5) is 22.9. The summed E-state index contributed by atoms with van der Waals surface area (Å²) in [7, 11) is 0. The second-order valence-corrected chi connectivity index (χ2v) is 5.63. The van der Waals surface area contributed by atoms with Gasteiger partial charge in [0.05, 0.1) is 11.9 Å². The van der Waals surface area contributed by atoms with E-state index in [-0.39, 0.29) is 11.7 Å². The highest BCUT2D eigenvalue weighted by Gasteiger charge is 2.10. The number of imide groups is 1. The average Bonchev–Trinajstić information content (AvgIpc) is 2.48. The summed E-state index contributed by atoms with van der Waals surface area (Å²) in [6, 6.07) is 8.82. The molecule has 1 aromatic carbocycles. The van der Waals surface area contributed by atoms with Crippen molar-refractivity contribution in [3.8, 4) is 0 Å². The summed E-state index contributed by atoms with van der Waals surface area (Å²) in [5.41, 5.74) is 0.822. The van der Waals surface area contributed by atoms with Crippen molar-refractivity contribution in [2.24, 2.45) is 0 Å². The highest BCUT2D eigenvalue weighted by Crippen LogP contribution is 2.17. The minimum atomic E-state index is -0.609. The molecule has 0 aliphatic rings. The van der Waals surface area contributed by atoms with Gasteiger partial charge in [-0.3, -0.25) is 10.1 Å². The molecule has 0 aromatic heterocycles. The predicted molar refractivity (Wildman–Crippen MR) is 85.2 cm³/mol. The fraction of sp³-hybridized carbons (Fsp3) is 0.467. The molecular weight excluding hydrogens is 288 g/mol. The van der Waals surface area contributed by atoms with Crippen LogP contribution >= 0.6 is 11.8 Å². The molecule has 3 amide bonds. The lowest BCUT2D eigenvalue weighted by molar-refractivity contribution is -0.117. The molecule has 1 unspecified atom stereocenters. The molecule has 0 saturated heterocycles. The average molecular weight is 310 g/mol. The number of benzene rings is 1. The number of unbranched alkanes of at least 4 members (excludes halogenated alkanes) is 1. The molecule has 1 atom stereocenters. The first-order valence-corrected chi connectivity index (χ1v) is 8.17. The quantitative estimate of drug-likeness (QED) is 0.642. The predicted octanol–water partition coefficient (Wildman–Crippen LogP) is 2.08. The Morgan fingerprint density at radius 1 is 1.29 bits per heavy atom. The monoisotopic (exact) mass is 310 g/mol. The molecule has 21 heavy (non-hydrogen) atoms. The van der Waals surface area contributed by atoms with Gasteiger partial charge < -0.3 is 10.4 Å². The maximum Gasteiger partial charge on any atom is 0.321 e. The number of urea groups is 1. The number of nitrogens with one attached hydrogen (secondary N) is 2. The van der Waals surface area contributed by atoms with E-state index < -0.39 is 12.1 Å². The molecule has 1 aromatic rings. The molecule has 0 bridgehead atoms. The molecule has 0 spiro atoms. The summed E-state index contributed by atoms with van der Waals surface area (Å²) in [6.07, 6.45) is 1.27. The molecule has 0 aliphatic carbocycles. The molecule has 0 heterocycles. The maximum atomic E-state index is 11.5. The molecule has 5 nitrogen and oxygen atoms in total. The molecule has 0 saturated carbocycles. The zero-order valence-corrected chi connectivity index (χ0v) is 13.0. The Morgan fingerprint density at radius 3 is 2.67 bits per heavy atom. The van der Waals surface area contributed by atoms with Crippen molar-refractivity contribution >= 4 is 23.7 Å². The lowest BCUT2D eigenvalue weighted by Gasteiger charge is -2.10. The number of amides is 3. The number of carbonyl (C=O) groups excluding carboxylic acids is 2. The molecular formula is C15H22N2O3S. The van der Waals surface area contributed by atoms with Crippen LogP contribution in [0.2, 0.25) is 0 Å². The third kappa shape index (κ3) is 7.72. The van der Waals surface area contributed by atoms with E-state index >= 15 is 0 Å². The molecule has 0 radical (unpaired) electrons. The fourth-order valence-electron chi connectivity index (χ4n) is 1.62. The van der Waals surface area contributed by atoms with Gasteiger partial charge in [-0.2, -0.15) is 0 Å². The third-order valence-electron chi connectivity index (χ3n) is 2.76. The number of aliphatic hydroxyl groups is 1. The Hall–Kier alpha value is -1.53. The van der Waals surface area contributed by atoms with Crippen LogP contribution < -0.4 is 10.6 Å². The van der Waals surface area contributed by atoms with Crippen molar-refractivity contribution in [1.29, 1.82) is 0 Å². The third-order valence-corrected chi connectivity index (χ3v) is 3.78. The van der Waals surface area contributed by atoms with Crippen LogP contribution in [0.15, 0.2) is 30.3 Å². The number of hydrogen-bond acceptors (Lipinski definition) is 4. The second-order valence-electron chi connectivity index (χ2n) is 4.60. The topological polar surface area (TPSA) is 78.4 Å². The van der Waals surface area contributed by atoms with Gasteiger partial charge in [0, 0.05) is 12.3 Å². The highest BCUT2D eigenvalue weighted by atomic mass is 32.2. The zero-order valence-electron chi connectivity index (χ0n) is 12.2. The van der Waals surface area contributed by atoms with Gasteiger partial charge in [0.25, 0.3) is 0 Å². The summed E-state index contributed by atoms with van der Waals surface area (Å²) in [6.45, 7) is 2.59. The summed E-state index contributed by atoms with van der Waals surface area (Å²) >= 11 is 1.29. The van der Waals surface area contributed by atoms with Gasteiger partial charge in [-0.1, -0.05) is 43.7 Å². The van der Waals surface area contributed by atoms with Crippen molar-refractivity contribution in [1.82, 2.24) is 10.6 Å². The minimum absolute atomic E-state index is 0.144. The van der Waals surface area contributed by atoms with E-state index in [0.717, 1.165) is 18.4 Å². The van der Waals surface area contributed by atoms with Crippen LogP contribution in [0.25, 0.3) is 0 Å². The van der Waals surface area contributed by atoms with Crippen molar-refractivity contribution < 1.29 is 14.7 Å². The zero-order chi connectivity index (χ0) is 15.5. The Bertz CT molecular complexity index is 440. The van der Waals surface area contributed by atoms with E-state index in [2.05, 4.69) is 10.6 Å². The fourth-order valence-corrected chi connectivity index (χ4v) is 2.41. The van der Waals surface area contributed by atoms with Crippen LogP contribution in [0.5, 0.6) is 0 Å². The summed E-state index contributed by atoms with van der Waals surface area (Å²) < 4.78 is 0. The Morgan fingerprint density at radius 2 is 2.00 bits per heavy atom. The number of hydrogen-bond donors (Lipinski definition) is 3. The van der Waals surface area contributed by atoms with Crippen LogP contribution in [0, 0.1) is 0 Å². The van der Waals surface area contributed by atoms with Crippen molar-refractivity contribution in [3.05, 3.63) is 35.9 Å². The number of carbonyl (C=O) groups is 2. The SMILES string of the molecule is CCCCNC(=O)NC(=O)CSCC(O)c1ccccc1. The standard InChI is InChI=1S/C15H22N2O3S/c1-2-3-9-16-15(20)17-14(19)11-21-10-13(18)12-7-5-4-6-8-12/h4-8,13,18H,2-3,9-11H2,1H3,(H2,16,17,19,20). The van der Waals surface area contributed by atoms with Crippen molar-refractivity contribution in [3.63, 3.8) is 0 Å². The number of rotatable bonds is 8. The number of aliphatic hydroxyl groups excluding tert-OH is 1. The molecule has 6 heteroatoms. The van der Waals surface area contributed by atoms with E-state index in [1.807, 2.05) is 37.3 Å². The lowest BCUT2D eigenvalue weighted by Crippen LogP contribution is -2.40. The smallest absolute Gasteiger partial charge is 0.321 e. The van der Waals surface area contributed by atoms with Crippen molar-refractivity contribution in [2.75, 3.05) is 18.1 Å². The number of thioether (sulfide) groups is 1. The van der Waals surface area contributed by atoms with E-state index in [1.165, 1.54) is 11.8 Å². The van der Waals surface area contributed by atoms with Crippen LogP contribution in [-0.2, 0) is 4.79 Å². The van der Waals surface area contributed by atoms with Crippen LogP contribution in [0.3, 0.4) is 0 Å². The Labute approximate surface area is 129 Å². The van der Waals surface area contributed by atoms with Crippen LogP contribution in [0.4, 0.5) is 4.79 Å². The largest absolute Gasteiger partial charge is 0.388 e. The van der Waals surface area contributed by atoms with Crippen molar-refractivity contribution in [2.45, 2.75) is 25.9 Å². The van der Waals surface area contributed by atoms with Gasteiger partial charge in [-0.25, -0.2) is 4.79 Å². The van der Waals surface area contributed by atoms with Crippen LogP contribution in [0.1, 0.15) is 31.4 Å². The normalized spacial score (nSPS) is 11.7. The van der Waals surface area contributed by atoms with Gasteiger partial charge >= 0.3 is 6.03 Å². The molecule has 3 N–H and O–H groups in total. The first kappa shape index (κ1) is 17.5. The van der Waals surface area contributed by atoms with Gasteiger partial charge in [0.1, 0.15) is 0 Å². The van der Waals surface area contributed by atoms with Gasteiger partial charge in [0.15, 0.2) is 0 Å². The summed E-state index contributed by atoms with van der Waals surface area (Å²) in [5.74, 6) is 0.203. The first-order valence-electron chi connectivity index (χ1n) is 7.02. The molecule has 0 fully saturated rings. The molecule has 0 aliphatic heterocycles. The minimum Gasteiger partial charge on any atom is -0.388 e. The van der Waals surface area contributed by atoms with E-state index in [1.54, 1.807) is 0 Å². The molecule has 116 valence electrons. The highest BCUT2D eigenvalue weighted by molar-refractivity contribution is 7.99. The first-order chi connectivity index (χ1) is 10.1. The second kappa shape index (κ2) is 10.2. The molecule has 1 rings (SSSR count). The van der Waals surface area contributed by atoms with Gasteiger partial charge in [-0.15, -0.1) is 11.8 Å². The summed E-state index contributed by atoms with van der Waals surface area (Å²) in [5, 5.41) is 14.8. The van der Waals surface area contributed by atoms with E-state index in [4.69, 9.17) is 0 Å². The van der Waals surface area contributed by atoms with Gasteiger partial charge in [-0.05, 0) is 12.0 Å². The maximum absolute atomic E-state index is 11.5. The van der Waals surface area contributed by atoms with Crippen LogP contribution in [-0.4, -0.2) is 35.1 Å².